The van der Waals surface area contributed by atoms with E-state index in [-0.39, 0.29) is 11.8 Å². The van der Waals surface area contributed by atoms with Crippen LogP contribution in [-0.4, -0.2) is 61.2 Å². The summed E-state index contributed by atoms with van der Waals surface area (Å²) in [6.45, 7) is 4.74. The molecule has 28 heavy (non-hydrogen) atoms. The van der Waals surface area contributed by atoms with Gasteiger partial charge in [0.05, 0.1) is 31.1 Å². The van der Waals surface area contributed by atoms with Crippen molar-refractivity contribution >= 4 is 29.3 Å². The first-order valence-electron chi connectivity index (χ1n) is 9.52. The zero-order valence-electron chi connectivity index (χ0n) is 15.9. The summed E-state index contributed by atoms with van der Waals surface area (Å²) in [6.07, 6.45) is 1.32. The van der Waals surface area contributed by atoms with E-state index in [4.69, 9.17) is 14.2 Å². The number of carbonyl (C=O) groups excluding carboxylic acids is 2. The van der Waals surface area contributed by atoms with E-state index in [0.717, 1.165) is 5.75 Å². The molecule has 0 aromatic heterocycles. The Kier molecular flexibility index (Phi) is 5.61. The predicted octanol–water partition coefficient (Wildman–Crippen LogP) is 2.60. The molecule has 2 fully saturated rings. The molecule has 2 saturated heterocycles. The van der Waals surface area contributed by atoms with Crippen LogP contribution in [0.2, 0.25) is 0 Å². The van der Waals surface area contributed by atoms with Gasteiger partial charge in [0.15, 0.2) is 5.79 Å². The van der Waals surface area contributed by atoms with Gasteiger partial charge in [0.1, 0.15) is 10.7 Å². The Labute approximate surface area is 168 Å². The number of allylic oxidation sites excluding steroid dienone is 1. The SMILES string of the molecule is CC1=C(C(=O)Nc2ccccc2C(=O)N2CCC3(CC2)OCCO3)SCCO1. The van der Waals surface area contributed by atoms with Crippen molar-refractivity contribution in [2.75, 3.05) is 44.0 Å². The summed E-state index contributed by atoms with van der Waals surface area (Å²) in [5.41, 5.74) is 0.998. The Morgan fingerprint density at radius 2 is 1.82 bits per heavy atom. The number of ether oxygens (including phenoxy) is 3. The fraction of sp³-hybridized carbons (Fsp3) is 0.500. The summed E-state index contributed by atoms with van der Waals surface area (Å²) in [5.74, 6) is 0.498. The van der Waals surface area contributed by atoms with Crippen LogP contribution in [0.3, 0.4) is 0 Å². The first-order valence-corrected chi connectivity index (χ1v) is 10.5. The van der Waals surface area contributed by atoms with Gasteiger partial charge in [-0.25, -0.2) is 0 Å². The number of rotatable bonds is 3. The number of hydrogen-bond acceptors (Lipinski definition) is 6. The zero-order chi connectivity index (χ0) is 19.6. The lowest BCUT2D eigenvalue weighted by Crippen LogP contribution is -2.47. The second kappa shape index (κ2) is 8.14. The van der Waals surface area contributed by atoms with Crippen molar-refractivity contribution in [2.24, 2.45) is 0 Å². The highest BCUT2D eigenvalue weighted by atomic mass is 32.2. The summed E-state index contributed by atoms with van der Waals surface area (Å²) in [4.78, 5) is 28.1. The van der Waals surface area contributed by atoms with Crippen LogP contribution in [0, 0.1) is 0 Å². The molecule has 0 saturated carbocycles. The van der Waals surface area contributed by atoms with Crippen molar-refractivity contribution in [3.8, 4) is 0 Å². The number of thioether (sulfide) groups is 1. The maximum Gasteiger partial charge on any atom is 0.265 e. The molecule has 2 amide bonds. The molecule has 1 spiro atoms. The lowest BCUT2D eigenvalue weighted by molar-refractivity contribution is -0.181. The van der Waals surface area contributed by atoms with Crippen LogP contribution in [0.15, 0.2) is 34.9 Å². The molecular weight excluding hydrogens is 380 g/mol. The first kappa shape index (κ1) is 19.3. The molecule has 3 aliphatic heterocycles. The Morgan fingerprint density at radius 1 is 1.11 bits per heavy atom. The maximum absolute atomic E-state index is 13.1. The summed E-state index contributed by atoms with van der Waals surface area (Å²) < 4.78 is 16.9. The second-order valence-corrected chi connectivity index (χ2v) is 8.09. The molecule has 4 rings (SSSR count). The topological polar surface area (TPSA) is 77.1 Å². The van der Waals surface area contributed by atoms with Crippen molar-refractivity contribution in [1.29, 1.82) is 0 Å². The van der Waals surface area contributed by atoms with Gasteiger partial charge in [-0.1, -0.05) is 12.1 Å². The molecule has 1 N–H and O–H groups in total. The van der Waals surface area contributed by atoms with Gasteiger partial charge in [0.2, 0.25) is 0 Å². The van der Waals surface area contributed by atoms with Gasteiger partial charge in [-0.3, -0.25) is 9.59 Å². The molecule has 0 aliphatic carbocycles. The molecular formula is C20H24N2O5S. The van der Waals surface area contributed by atoms with Crippen LogP contribution >= 0.6 is 11.8 Å². The highest BCUT2D eigenvalue weighted by Gasteiger charge is 2.41. The molecule has 3 heterocycles. The Bertz CT molecular complexity index is 794. The van der Waals surface area contributed by atoms with Crippen LogP contribution in [0.4, 0.5) is 5.69 Å². The monoisotopic (exact) mass is 404 g/mol. The number of nitrogens with one attached hydrogen (secondary N) is 1. The minimum Gasteiger partial charge on any atom is -0.496 e. The number of benzene rings is 1. The minimum atomic E-state index is -0.521. The highest BCUT2D eigenvalue weighted by Crippen LogP contribution is 2.32. The molecule has 7 nitrogen and oxygen atoms in total. The van der Waals surface area contributed by atoms with E-state index in [1.165, 1.54) is 11.8 Å². The molecule has 150 valence electrons. The van der Waals surface area contributed by atoms with Gasteiger partial charge in [-0.2, -0.15) is 0 Å². The molecule has 3 aliphatic rings. The van der Waals surface area contributed by atoms with Crippen LogP contribution < -0.4 is 5.32 Å². The van der Waals surface area contributed by atoms with E-state index in [1.54, 1.807) is 30.0 Å². The van der Waals surface area contributed by atoms with E-state index < -0.39 is 5.79 Å². The summed E-state index contributed by atoms with van der Waals surface area (Å²) in [5, 5.41) is 2.88. The molecule has 0 radical (unpaired) electrons. The standard InChI is InChI=1S/C20H24N2O5S/c1-14-17(28-13-12-25-14)18(23)21-16-5-3-2-4-15(16)19(24)22-8-6-20(7-9-22)26-10-11-27-20/h2-5H,6-13H2,1H3,(H,21,23). The number of amides is 2. The number of piperidine rings is 1. The third-order valence-corrected chi connectivity index (χ3v) is 6.34. The van der Waals surface area contributed by atoms with Gasteiger partial charge in [0.25, 0.3) is 11.8 Å². The summed E-state index contributed by atoms with van der Waals surface area (Å²) >= 11 is 1.47. The zero-order valence-corrected chi connectivity index (χ0v) is 16.7. The van der Waals surface area contributed by atoms with Crippen LogP contribution in [-0.2, 0) is 19.0 Å². The van der Waals surface area contributed by atoms with E-state index in [9.17, 15) is 9.59 Å². The van der Waals surface area contributed by atoms with Gasteiger partial charge in [-0.15, -0.1) is 11.8 Å². The van der Waals surface area contributed by atoms with Crippen molar-refractivity contribution in [2.45, 2.75) is 25.6 Å². The fourth-order valence-corrected chi connectivity index (χ4v) is 4.51. The molecule has 0 unspecified atom stereocenters. The van der Waals surface area contributed by atoms with E-state index in [2.05, 4.69) is 5.32 Å². The fourth-order valence-electron chi connectivity index (χ4n) is 3.70. The third kappa shape index (κ3) is 3.90. The highest BCUT2D eigenvalue weighted by molar-refractivity contribution is 8.04. The smallest absolute Gasteiger partial charge is 0.265 e. The number of hydrogen-bond donors (Lipinski definition) is 1. The first-order chi connectivity index (χ1) is 13.6. The lowest BCUT2D eigenvalue weighted by atomic mass is 10.0. The van der Waals surface area contributed by atoms with Crippen molar-refractivity contribution in [3.05, 3.63) is 40.5 Å². The second-order valence-electron chi connectivity index (χ2n) is 6.98. The van der Waals surface area contributed by atoms with Gasteiger partial charge >= 0.3 is 0 Å². The average Bonchev–Trinajstić information content (AvgIpc) is 3.17. The van der Waals surface area contributed by atoms with Crippen molar-refractivity contribution in [1.82, 2.24) is 4.90 Å². The maximum atomic E-state index is 13.1. The molecule has 1 aromatic rings. The van der Waals surface area contributed by atoms with Crippen LogP contribution in [0.25, 0.3) is 0 Å². The van der Waals surface area contributed by atoms with E-state index in [0.29, 0.717) is 67.7 Å². The van der Waals surface area contributed by atoms with Gasteiger partial charge < -0.3 is 24.4 Å². The van der Waals surface area contributed by atoms with E-state index in [1.807, 2.05) is 6.07 Å². The van der Waals surface area contributed by atoms with E-state index >= 15 is 0 Å². The molecule has 0 atom stereocenters. The number of likely N-dealkylation sites (tertiary alicyclic amines) is 1. The number of carbonyl (C=O) groups is 2. The van der Waals surface area contributed by atoms with Crippen LogP contribution in [0.1, 0.15) is 30.1 Å². The Hall–Kier alpha value is -2.03. The Balaban J connectivity index is 1.47. The lowest BCUT2D eigenvalue weighted by Gasteiger charge is -2.37. The van der Waals surface area contributed by atoms with Crippen molar-refractivity contribution < 1.29 is 23.8 Å². The largest absolute Gasteiger partial charge is 0.496 e. The minimum absolute atomic E-state index is 0.0954. The average molecular weight is 404 g/mol. The normalized spacial score (nSPS) is 21.5. The Morgan fingerprint density at radius 3 is 2.54 bits per heavy atom. The number of nitrogens with zero attached hydrogens (tertiary/aromatic N) is 1. The van der Waals surface area contributed by atoms with Crippen molar-refractivity contribution in [3.63, 3.8) is 0 Å². The quantitative estimate of drug-likeness (QED) is 0.835. The van der Waals surface area contributed by atoms with Gasteiger partial charge in [0, 0.05) is 31.7 Å². The third-order valence-electron chi connectivity index (χ3n) is 5.21. The predicted molar refractivity (Wildman–Crippen MR) is 106 cm³/mol. The summed E-state index contributed by atoms with van der Waals surface area (Å²) in [6, 6.07) is 7.12. The molecule has 0 bridgehead atoms. The van der Waals surface area contributed by atoms with Gasteiger partial charge in [-0.05, 0) is 19.1 Å². The number of anilines is 1. The molecule has 1 aromatic carbocycles. The number of para-hydroxylation sites is 1. The van der Waals surface area contributed by atoms with Crippen LogP contribution in [0.5, 0.6) is 0 Å². The summed E-state index contributed by atoms with van der Waals surface area (Å²) in [7, 11) is 0. The molecule has 8 heteroatoms.